The summed E-state index contributed by atoms with van der Waals surface area (Å²) in [6.45, 7) is 1.71. The van der Waals surface area contributed by atoms with E-state index < -0.39 is 34.6 Å². The highest BCUT2D eigenvalue weighted by molar-refractivity contribution is 6.39. The van der Waals surface area contributed by atoms with E-state index in [0.717, 1.165) is 31.0 Å². The second-order valence-corrected chi connectivity index (χ2v) is 5.78. The molecule has 3 N–H and O–H groups in total. The average Bonchev–Trinajstić information content (AvgIpc) is 2.84. The standard InChI is InChI=1S/C15H18F2N2O3/c1-15(8-20)7-3-6-11(15)18-13(21)14(22)19-12-9(16)4-2-5-10(12)17/h2,4-5,11,20H,3,6-8H2,1H3,(H,18,21)(H,19,22). The van der Waals surface area contributed by atoms with Crippen LogP contribution in [0.1, 0.15) is 26.2 Å². The van der Waals surface area contributed by atoms with Gasteiger partial charge in [0.25, 0.3) is 0 Å². The summed E-state index contributed by atoms with van der Waals surface area (Å²) < 4.78 is 26.9. The van der Waals surface area contributed by atoms with Gasteiger partial charge in [0.15, 0.2) is 0 Å². The molecule has 1 aliphatic carbocycles. The Morgan fingerprint density at radius 2 is 1.95 bits per heavy atom. The number of anilines is 1. The number of carbonyl (C=O) groups is 2. The number of nitrogens with one attached hydrogen (secondary N) is 2. The molecule has 0 aliphatic heterocycles. The van der Waals surface area contributed by atoms with Crippen LogP contribution in [0.4, 0.5) is 14.5 Å². The molecule has 0 radical (unpaired) electrons. The minimum Gasteiger partial charge on any atom is -0.396 e. The van der Waals surface area contributed by atoms with Gasteiger partial charge >= 0.3 is 11.8 Å². The van der Waals surface area contributed by atoms with E-state index in [1.54, 1.807) is 0 Å². The number of benzene rings is 1. The Morgan fingerprint density at radius 1 is 1.32 bits per heavy atom. The molecule has 2 unspecified atom stereocenters. The van der Waals surface area contributed by atoms with Crippen LogP contribution in [0.3, 0.4) is 0 Å². The molecular formula is C15H18F2N2O3. The highest BCUT2D eigenvalue weighted by Crippen LogP contribution is 2.37. The number of para-hydroxylation sites is 1. The van der Waals surface area contributed by atoms with Crippen LogP contribution in [-0.4, -0.2) is 29.6 Å². The normalized spacial score (nSPS) is 24.1. The van der Waals surface area contributed by atoms with E-state index in [-0.39, 0.29) is 12.6 Å². The van der Waals surface area contributed by atoms with Crippen LogP contribution >= 0.6 is 0 Å². The van der Waals surface area contributed by atoms with Crippen molar-refractivity contribution in [1.82, 2.24) is 5.32 Å². The first kappa shape index (κ1) is 16.4. The topological polar surface area (TPSA) is 78.4 Å². The van der Waals surface area contributed by atoms with E-state index in [1.165, 1.54) is 0 Å². The number of rotatable bonds is 3. The number of aliphatic hydroxyl groups excluding tert-OH is 1. The summed E-state index contributed by atoms with van der Waals surface area (Å²) in [7, 11) is 0. The quantitative estimate of drug-likeness (QED) is 0.741. The van der Waals surface area contributed by atoms with E-state index in [1.807, 2.05) is 12.2 Å². The zero-order chi connectivity index (χ0) is 16.3. The van der Waals surface area contributed by atoms with Crippen molar-refractivity contribution in [3.05, 3.63) is 29.8 Å². The second-order valence-electron chi connectivity index (χ2n) is 5.78. The van der Waals surface area contributed by atoms with Crippen molar-refractivity contribution in [3.63, 3.8) is 0 Å². The molecule has 2 atom stereocenters. The monoisotopic (exact) mass is 312 g/mol. The summed E-state index contributed by atoms with van der Waals surface area (Å²) in [6, 6.07) is 2.78. The molecule has 0 heterocycles. The first-order valence-electron chi connectivity index (χ1n) is 7.04. The van der Waals surface area contributed by atoms with E-state index in [4.69, 9.17) is 0 Å². The van der Waals surface area contributed by atoms with Gasteiger partial charge in [0.1, 0.15) is 17.3 Å². The maximum Gasteiger partial charge on any atom is 0.313 e. The van der Waals surface area contributed by atoms with Crippen LogP contribution in [0.5, 0.6) is 0 Å². The van der Waals surface area contributed by atoms with Crippen molar-refractivity contribution in [2.24, 2.45) is 5.41 Å². The zero-order valence-corrected chi connectivity index (χ0v) is 12.2. The van der Waals surface area contributed by atoms with Gasteiger partial charge in [-0.15, -0.1) is 0 Å². The fourth-order valence-corrected chi connectivity index (χ4v) is 2.68. The lowest BCUT2D eigenvalue weighted by molar-refractivity contribution is -0.137. The maximum absolute atomic E-state index is 13.4. The van der Waals surface area contributed by atoms with Crippen LogP contribution < -0.4 is 10.6 Å². The Bertz CT molecular complexity index is 574. The first-order chi connectivity index (χ1) is 10.4. The van der Waals surface area contributed by atoms with Crippen LogP contribution in [0.15, 0.2) is 18.2 Å². The molecule has 2 rings (SSSR count). The third-order valence-corrected chi connectivity index (χ3v) is 4.16. The molecule has 1 aromatic carbocycles. The highest BCUT2D eigenvalue weighted by Gasteiger charge is 2.39. The van der Waals surface area contributed by atoms with E-state index in [9.17, 15) is 23.5 Å². The smallest absolute Gasteiger partial charge is 0.313 e. The van der Waals surface area contributed by atoms with Crippen LogP contribution in [-0.2, 0) is 9.59 Å². The van der Waals surface area contributed by atoms with E-state index in [0.29, 0.717) is 6.42 Å². The number of aliphatic hydroxyl groups is 1. The highest BCUT2D eigenvalue weighted by atomic mass is 19.1. The van der Waals surface area contributed by atoms with Gasteiger partial charge in [0, 0.05) is 11.5 Å². The summed E-state index contributed by atoms with van der Waals surface area (Å²) in [6.07, 6.45) is 2.20. The lowest BCUT2D eigenvalue weighted by Gasteiger charge is -2.29. The Kier molecular flexibility index (Phi) is 4.75. The first-order valence-corrected chi connectivity index (χ1v) is 7.04. The number of halogens is 2. The molecule has 1 fully saturated rings. The maximum atomic E-state index is 13.4. The predicted molar refractivity (Wildman–Crippen MR) is 76.0 cm³/mol. The molecule has 0 bridgehead atoms. The second kappa shape index (κ2) is 6.39. The molecule has 1 saturated carbocycles. The lowest BCUT2D eigenvalue weighted by Crippen LogP contribution is -2.48. The molecule has 1 aliphatic rings. The largest absolute Gasteiger partial charge is 0.396 e. The van der Waals surface area contributed by atoms with Gasteiger partial charge in [0.2, 0.25) is 0 Å². The molecule has 5 nitrogen and oxygen atoms in total. The molecule has 120 valence electrons. The van der Waals surface area contributed by atoms with Crippen molar-refractivity contribution in [2.75, 3.05) is 11.9 Å². The third-order valence-electron chi connectivity index (χ3n) is 4.16. The average molecular weight is 312 g/mol. The molecule has 0 aromatic heterocycles. The van der Waals surface area contributed by atoms with Crippen molar-refractivity contribution in [3.8, 4) is 0 Å². The van der Waals surface area contributed by atoms with Crippen LogP contribution in [0.25, 0.3) is 0 Å². The zero-order valence-electron chi connectivity index (χ0n) is 12.2. The van der Waals surface area contributed by atoms with Gasteiger partial charge in [-0.25, -0.2) is 8.78 Å². The number of hydrogen-bond acceptors (Lipinski definition) is 3. The molecule has 7 heteroatoms. The number of amides is 2. The van der Waals surface area contributed by atoms with Crippen molar-refractivity contribution in [2.45, 2.75) is 32.2 Å². The van der Waals surface area contributed by atoms with Crippen LogP contribution in [0, 0.1) is 17.0 Å². The van der Waals surface area contributed by atoms with Crippen molar-refractivity contribution >= 4 is 17.5 Å². The van der Waals surface area contributed by atoms with Gasteiger partial charge in [-0.1, -0.05) is 19.4 Å². The summed E-state index contributed by atoms with van der Waals surface area (Å²) in [4.78, 5) is 23.7. The molecule has 22 heavy (non-hydrogen) atoms. The Hall–Kier alpha value is -2.02. The van der Waals surface area contributed by atoms with Gasteiger partial charge < -0.3 is 15.7 Å². The van der Waals surface area contributed by atoms with Gasteiger partial charge in [-0.05, 0) is 25.0 Å². The number of carbonyl (C=O) groups excluding carboxylic acids is 2. The Morgan fingerprint density at radius 3 is 2.55 bits per heavy atom. The van der Waals surface area contributed by atoms with Crippen molar-refractivity contribution < 1.29 is 23.5 Å². The SMILES string of the molecule is CC1(CO)CCCC1NC(=O)C(=O)Nc1c(F)cccc1F. The van der Waals surface area contributed by atoms with Gasteiger partial charge in [-0.2, -0.15) is 0 Å². The predicted octanol–water partition coefficient (Wildman–Crippen LogP) is 1.57. The molecule has 0 spiro atoms. The number of hydrogen-bond donors (Lipinski definition) is 3. The fraction of sp³-hybridized carbons (Fsp3) is 0.467. The molecule has 2 amide bonds. The van der Waals surface area contributed by atoms with Gasteiger partial charge in [0.05, 0.1) is 6.61 Å². The van der Waals surface area contributed by atoms with Crippen LogP contribution in [0.2, 0.25) is 0 Å². The van der Waals surface area contributed by atoms with Gasteiger partial charge in [-0.3, -0.25) is 9.59 Å². The summed E-state index contributed by atoms with van der Waals surface area (Å²) in [5.74, 6) is -4.03. The summed E-state index contributed by atoms with van der Waals surface area (Å²) >= 11 is 0. The Labute approximate surface area is 126 Å². The summed E-state index contributed by atoms with van der Waals surface area (Å²) in [5.41, 5.74) is -1.14. The Balaban J connectivity index is 2.03. The third kappa shape index (κ3) is 3.24. The minimum atomic E-state index is -1.14. The molecule has 1 aromatic rings. The van der Waals surface area contributed by atoms with Crippen molar-refractivity contribution in [1.29, 1.82) is 0 Å². The van der Waals surface area contributed by atoms with E-state index >= 15 is 0 Å². The lowest BCUT2D eigenvalue weighted by atomic mass is 9.86. The molecule has 0 saturated heterocycles. The summed E-state index contributed by atoms with van der Waals surface area (Å²) in [5, 5.41) is 13.9. The minimum absolute atomic E-state index is 0.110. The fourth-order valence-electron chi connectivity index (χ4n) is 2.68. The van der Waals surface area contributed by atoms with E-state index in [2.05, 4.69) is 5.32 Å². The molecular weight excluding hydrogens is 294 g/mol.